The smallest absolute Gasteiger partial charge is 0.306 e. The summed E-state index contributed by atoms with van der Waals surface area (Å²) in [6, 6.07) is 0. The molecule has 0 saturated carbocycles. The molecule has 0 radical (unpaired) electrons. The SMILES string of the molecule is CCCCCCCCCCCCCCCCCCCC(=O)OC[C@H](COC(=O)CCCCCCCCCCC)OC(=O)CCCCCCCCC(C)C. The minimum Gasteiger partial charge on any atom is -0.462 e. The zero-order valence-electron chi connectivity index (χ0n) is 36.0. The Labute approximate surface area is 329 Å². The maximum atomic E-state index is 12.7. The lowest BCUT2D eigenvalue weighted by molar-refractivity contribution is -0.167. The van der Waals surface area contributed by atoms with Crippen LogP contribution in [-0.2, 0) is 28.6 Å². The first-order valence-electron chi connectivity index (χ1n) is 23.4. The maximum absolute atomic E-state index is 12.7. The van der Waals surface area contributed by atoms with Gasteiger partial charge in [-0.1, -0.05) is 220 Å². The first kappa shape index (κ1) is 51.4. The average molecular weight is 751 g/mol. The van der Waals surface area contributed by atoms with E-state index in [9.17, 15) is 14.4 Å². The van der Waals surface area contributed by atoms with Crippen molar-refractivity contribution in [3.63, 3.8) is 0 Å². The van der Waals surface area contributed by atoms with E-state index in [1.54, 1.807) is 0 Å². The molecule has 0 N–H and O–H groups in total. The fourth-order valence-corrected chi connectivity index (χ4v) is 6.98. The van der Waals surface area contributed by atoms with Crippen LogP contribution in [0.25, 0.3) is 0 Å². The summed E-state index contributed by atoms with van der Waals surface area (Å²) in [6.07, 6.45) is 41.1. The van der Waals surface area contributed by atoms with Crippen LogP contribution < -0.4 is 0 Å². The first-order chi connectivity index (χ1) is 25.9. The van der Waals surface area contributed by atoms with Crippen molar-refractivity contribution in [2.24, 2.45) is 5.92 Å². The second kappa shape index (κ2) is 41.6. The summed E-state index contributed by atoms with van der Waals surface area (Å²) in [6.45, 7) is 8.91. The fraction of sp³-hybridized carbons (Fsp3) is 0.936. The fourth-order valence-electron chi connectivity index (χ4n) is 6.98. The molecule has 0 aliphatic rings. The van der Waals surface area contributed by atoms with E-state index in [0.717, 1.165) is 63.7 Å². The van der Waals surface area contributed by atoms with Gasteiger partial charge in [-0.05, 0) is 25.2 Å². The van der Waals surface area contributed by atoms with Gasteiger partial charge in [0, 0.05) is 19.3 Å². The van der Waals surface area contributed by atoms with Crippen molar-refractivity contribution in [1.29, 1.82) is 0 Å². The molecule has 0 fully saturated rings. The quantitative estimate of drug-likeness (QED) is 0.0351. The lowest BCUT2D eigenvalue weighted by Gasteiger charge is -2.18. The standard InChI is InChI=1S/C47H90O6/c1-5-7-9-11-13-15-16-17-18-19-20-21-22-24-26-31-35-39-46(49)52-42-44(53-47(50)40-36-32-28-27-29-33-37-43(3)4)41-51-45(48)38-34-30-25-23-14-12-10-8-6-2/h43-44H,5-42H2,1-4H3/t44-/m0/s1. The highest BCUT2D eigenvalue weighted by Crippen LogP contribution is 2.16. The van der Waals surface area contributed by atoms with Crippen LogP contribution in [-0.4, -0.2) is 37.2 Å². The van der Waals surface area contributed by atoms with E-state index in [1.807, 2.05) is 0 Å². The van der Waals surface area contributed by atoms with Crippen molar-refractivity contribution in [1.82, 2.24) is 0 Å². The Morgan fingerprint density at radius 3 is 0.925 bits per heavy atom. The van der Waals surface area contributed by atoms with Gasteiger partial charge in [-0.15, -0.1) is 0 Å². The number of hydrogen-bond acceptors (Lipinski definition) is 6. The average Bonchev–Trinajstić information content (AvgIpc) is 3.14. The van der Waals surface area contributed by atoms with Gasteiger partial charge in [0.25, 0.3) is 0 Å². The second-order valence-electron chi connectivity index (χ2n) is 16.5. The normalized spacial score (nSPS) is 11.9. The number of rotatable bonds is 42. The van der Waals surface area contributed by atoms with Crippen molar-refractivity contribution in [3.05, 3.63) is 0 Å². The van der Waals surface area contributed by atoms with Crippen LogP contribution in [0.3, 0.4) is 0 Å². The van der Waals surface area contributed by atoms with Crippen LogP contribution in [0.5, 0.6) is 0 Å². The van der Waals surface area contributed by atoms with E-state index in [-0.39, 0.29) is 31.1 Å². The van der Waals surface area contributed by atoms with Crippen LogP contribution in [0.4, 0.5) is 0 Å². The first-order valence-corrected chi connectivity index (χ1v) is 23.4. The molecule has 0 unspecified atom stereocenters. The van der Waals surface area contributed by atoms with Gasteiger partial charge < -0.3 is 14.2 Å². The summed E-state index contributed by atoms with van der Waals surface area (Å²) in [5.74, 6) is -0.101. The Bertz CT molecular complexity index is 796. The van der Waals surface area contributed by atoms with Gasteiger partial charge in [0.1, 0.15) is 13.2 Å². The third kappa shape index (κ3) is 41.4. The molecule has 0 amide bonds. The third-order valence-electron chi connectivity index (χ3n) is 10.5. The van der Waals surface area contributed by atoms with Gasteiger partial charge in [0.15, 0.2) is 6.10 Å². The summed E-state index contributed by atoms with van der Waals surface area (Å²) >= 11 is 0. The number of esters is 3. The molecule has 1 atom stereocenters. The maximum Gasteiger partial charge on any atom is 0.306 e. The Morgan fingerprint density at radius 1 is 0.358 bits per heavy atom. The van der Waals surface area contributed by atoms with Crippen molar-refractivity contribution in [2.75, 3.05) is 13.2 Å². The van der Waals surface area contributed by atoms with Gasteiger partial charge in [0.05, 0.1) is 0 Å². The number of hydrogen-bond donors (Lipinski definition) is 0. The Hall–Kier alpha value is -1.59. The number of ether oxygens (including phenoxy) is 3. The highest BCUT2D eigenvalue weighted by atomic mass is 16.6. The summed E-state index contributed by atoms with van der Waals surface area (Å²) in [7, 11) is 0. The molecule has 314 valence electrons. The third-order valence-corrected chi connectivity index (χ3v) is 10.5. The zero-order chi connectivity index (χ0) is 38.9. The molecule has 0 heterocycles. The van der Waals surface area contributed by atoms with E-state index in [0.29, 0.717) is 19.3 Å². The molecule has 0 aromatic heterocycles. The molecule has 0 aliphatic carbocycles. The highest BCUT2D eigenvalue weighted by Gasteiger charge is 2.19. The van der Waals surface area contributed by atoms with Crippen LogP contribution in [0.1, 0.15) is 259 Å². The van der Waals surface area contributed by atoms with Gasteiger partial charge >= 0.3 is 17.9 Å². The van der Waals surface area contributed by atoms with Gasteiger partial charge in [-0.2, -0.15) is 0 Å². The Kier molecular flexibility index (Phi) is 40.3. The Morgan fingerprint density at radius 2 is 0.623 bits per heavy atom. The minimum absolute atomic E-state index is 0.0648. The Balaban J connectivity index is 4.22. The summed E-state index contributed by atoms with van der Waals surface area (Å²) < 4.78 is 16.7. The monoisotopic (exact) mass is 751 g/mol. The molecule has 0 saturated heterocycles. The molecule has 0 rings (SSSR count). The highest BCUT2D eigenvalue weighted by molar-refractivity contribution is 5.71. The predicted molar refractivity (Wildman–Crippen MR) is 224 cm³/mol. The molecule has 0 aromatic carbocycles. The molecule has 6 heteroatoms. The number of unbranched alkanes of at least 4 members (excludes halogenated alkanes) is 29. The summed E-state index contributed by atoms with van der Waals surface area (Å²) in [5, 5.41) is 0. The summed E-state index contributed by atoms with van der Waals surface area (Å²) in [4.78, 5) is 37.6. The lowest BCUT2D eigenvalue weighted by atomic mass is 10.0. The van der Waals surface area contributed by atoms with Crippen LogP contribution in [0, 0.1) is 5.92 Å². The van der Waals surface area contributed by atoms with Gasteiger partial charge in [-0.25, -0.2) is 0 Å². The van der Waals surface area contributed by atoms with Gasteiger partial charge in [0.2, 0.25) is 0 Å². The molecule has 0 aromatic rings. The van der Waals surface area contributed by atoms with Crippen molar-refractivity contribution in [2.45, 2.75) is 265 Å². The number of carbonyl (C=O) groups is 3. The van der Waals surface area contributed by atoms with Crippen molar-refractivity contribution >= 4 is 17.9 Å². The molecule has 0 bridgehead atoms. The lowest BCUT2D eigenvalue weighted by Crippen LogP contribution is -2.30. The van der Waals surface area contributed by atoms with E-state index in [2.05, 4.69) is 27.7 Å². The van der Waals surface area contributed by atoms with E-state index >= 15 is 0 Å². The molecular weight excluding hydrogens is 661 g/mol. The molecule has 0 spiro atoms. The summed E-state index contributed by atoms with van der Waals surface area (Å²) in [5.41, 5.74) is 0. The molecule has 53 heavy (non-hydrogen) atoms. The van der Waals surface area contributed by atoms with Crippen LogP contribution >= 0.6 is 0 Å². The second-order valence-corrected chi connectivity index (χ2v) is 16.5. The molecule has 0 aliphatic heterocycles. The van der Waals surface area contributed by atoms with Gasteiger partial charge in [-0.3, -0.25) is 14.4 Å². The van der Waals surface area contributed by atoms with Crippen LogP contribution in [0.2, 0.25) is 0 Å². The zero-order valence-corrected chi connectivity index (χ0v) is 36.0. The van der Waals surface area contributed by atoms with Crippen LogP contribution in [0.15, 0.2) is 0 Å². The topological polar surface area (TPSA) is 78.9 Å². The van der Waals surface area contributed by atoms with E-state index in [4.69, 9.17) is 14.2 Å². The van der Waals surface area contributed by atoms with Crippen molar-refractivity contribution < 1.29 is 28.6 Å². The predicted octanol–water partition coefficient (Wildman–Crippen LogP) is 14.7. The van der Waals surface area contributed by atoms with E-state index in [1.165, 1.54) is 154 Å². The van der Waals surface area contributed by atoms with E-state index < -0.39 is 6.10 Å². The number of carbonyl (C=O) groups excluding carboxylic acids is 3. The molecule has 6 nitrogen and oxygen atoms in total. The van der Waals surface area contributed by atoms with Crippen molar-refractivity contribution in [3.8, 4) is 0 Å². The molecular formula is C47H90O6. The minimum atomic E-state index is -0.759. The largest absolute Gasteiger partial charge is 0.462 e.